The summed E-state index contributed by atoms with van der Waals surface area (Å²) in [5.41, 5.74) is 5.25. The summed E-state index contributed by atoms with van der Waals surface area (Å²) in [5, 5.41) is 7.62. The maximum atomic E-state index is 12.5. The highest BCUT2D eigenvalue weighted by Gasteiger charge is 2.31. The molecule has 1 aliphatic heterocycles. The van der Waals surface area contributed by atoms with Crippen molar-refractivity contribution in [2.24, 2.45) is 0 Å². The van der Waals surface area contributed by atoms with Gasteiger partial charge in [0.15, 0.2) is 11.5 Å². The minimum Gasteiger partial charge on any atom is -0.493 e. The van der Waals surface area contributed by atoms with Gasteiger partial charge in [0.1, 0.15) is 5.82 Å². The number of ether oxygens (including phenoxy) is 2. The molecule has 1 N–H and O–H groups in total. The Morgan fingerprint density at radius 1 is 1.17 bits per heavy atom. The second kappa shape index (κ2) is 7.62. The zero-order chi connectivity index (χ0) is 20.5. The third kappa shape index (κ3) is 3.46. The normalized spacial score (nSPS) is 15.6. The highest BCUT2D eigenvalue weighted by atomic mass is 16.5. The number of aromatic nitrogens is 2. The number of carbonyl (C=O) groups is 1. The van der Waals surface area contributed by atoms with Gasteiger partial charge in [-0.2, -0.15) is 5.10 Å². The molecule has 0 aliphatic carbocycles. The minimum absolute atomic E-state index is 0.0260. The Kier molecular flexibility index (Phi) is 5.01. The Labute approximate surface area is 170 Å². The van der Waals surface area contributed by atoms with Gasteiger partial charge in [0.05, 0.1) is 25.6 Å². The van der Waals surface area contributed by atoms with Crippen molar-refractivity contribution in [3.8, 4) is 17.2 Å². The molecule has 0 spiro atoms. The van der Waals surface area contributed by atoms with Gasteiger partial charge in [-0.15, -0.1) is 0 Å². The molecule has 1 unspecified atom stereocenters. The molecule has 3 aromatic rings. The Balaban J connectivity index is 1.78. The fraction of sp³-hybridized carbons (Fsp3) is 0.304. The zero-order valence-corrected chi connectivity index (χ0v) is 17.2. The van der Waals surface area contributed by atoms with Gasteiger partial charge in [0.25, 0.3) is 0 Å². The molecule has 1 aromatic heterocycles. The largest absolute Gasteiger partial charge is 0.493 e. The number of nitrogens with zero attached hydrogens (tertiary/aromatic N) is 2. The number of benzene rings is 2. The number of fused-ring (bicyclic) bond motifs is 1. The maximum Gasteiger partial charge on any atom is 0.226 e. The molecule has 6 nitrogen and oxygen atoms in total. The summed E-state index contributed by atoms with van der Waals surface area (Å²) in [6.07, 6.45) is 2.21. The highest BCUT2D eigenvalue weighted by molar-refractivity contribution is 5.94. The summed E-state index contributed by atoms with van der Waals surface area (Å²) in [6.45, 7) is 6.61. The summed E-state index contributed by atoms with van der Waals surface area (Å²) < 4.78 is 12.9. The predicted octanol–water partition coefficient (Wildman–Crippen LogP) is 4.37. The van der Waals surface area contributed by atoms with Crippen LogP contribution >= 0.6 is 0 Å². The summed E-state index contributed by atoms with van der Waals surface area (Å²) in [6, 6.07) is 12.0. The average Bonchev–Trinajstić information content (AvgIpc) is 3.11. The predicted molar refractivity (Wildman–Crippen MR) is 112 cm³/mol. The molecule has 150 valence electrons. The van der Waals surface area contributed by atoms with Crippen molar-refractivity contribution in [3.05, 3.63) is 64.8 Å². The van der Waals surface area contributed by atoms with Gasteiger partial charge >= 0.3 is 0 Å². The second-order valence-corrected chi connectivity index (χ2v) is 7.30. The lowest BCUT2D eigenvalue weighted by molar-refractivity contribution is -0.116. The smallest absolute Gasteiger partial charge is 0.226 e. The van der Waals surface area contributed by atoms with Crippen LogP contribution in [0.1, 0.15) is 41.5 Å². The molecule has 2 aromatic carbocycles. The Hall–Kier alpha value is -3.28. The van der Waals surface area contributed by atoms with Crippen molar-refractivity contribution < 1.29 is 14.3 Å². The summed E-state index contributed by atoms with van der Waals surface area (Å²) in [7, 11) is 1.62. The molecule has 1 amide bonds. The number of rotatable bonds is 5. The number of carbonyl (C=O) groups excluding carboxylic acids is 1. The van der Waals surface area contributed by atoms with Crippen LogP contribution in [-0.2, 0) is 4.79 Å². The first-order valence-electron chi connectivity index (χ1n) is 9.78. The lowest BCUT2D eigenvalue weighted by Crippen LogP contribution is -2.24. The average molecular weight is 391 g/mol. The van der Waals surface area contributed by atoms with E-state index in [-0.39, 0.29) is 11.8 Å². The fourth-order valence-corrected chi connectivity index (χ4v) is 3.92. The van der Waals surface area contributed by atoms with E-state index in [1.165, 1.54) is 5.56 Å². The summed E-state index contributed by atoms with van der Waals surface area (Å²) in [5.74, 6) is 1.97. The molecule has 29 heavy (non-hydrogen) atoms. The molecule has 0 fully saturated rings. The SMILES string of the molecule is CCOc1ccc(C2CC(=O)Nc3c2cnn3-c2ccc(C)cc2C)cc1OC. The van der Waals surface area contributed by atoms with E-state index in [9.17, 15) is 4.79 Å². The van der Waals surface area contributed by atoms with Gasteiger partial charge in [-0.3, -0.25) is 4.79 Å². The van der Waals surface area contributed by atoms with E-state index < -0.39 is 0 Å². The standard InChI is InChI=1S/C23H25N3O3/c1-5-29-20-9-7-16(11-21(20)28-4)17-12-22(27)25-23-18(17)13-24-26(23)19-8-6-14(2)10-15(19)3/h6-11,13,17H,5,12H2,1-4H3,(H,25,27). The van der Waals surface area contributed by atoms with Gasteiger partial charge < -0.3 is 14.8 Å². The summed E-state index contributed by atoms with van der Waals surface area (Å²) in [4.78, 5) is 12.5. The zero-order valence-electron chi connectivity index (χ0n) is 17.2. The molecule has 1 atom stereocenters. The molecular formula is C23H25N3O3. The van der Waals surface area contributed by atoms with Crippen LogP contribution in [0.25, 0.3) is 5.69 Å². The van der Waals surface area contributed by atoms with E-state index >= 15 is 0 Å². The van der Waals surface area contributed by atoms with E-state index in [0.29, 0.717) is 24.5 Å². The third-order valence-corrected chi connectivity index (χ3v) is 5.29. The monoisotopic (exact) mass is 391 g/mol. The summed E-state index contributed by atoms with van der Waals surface area (Å²) >= 11 is 0. The molecule has 0 saturated heterocycles. The van der Waals surface area contributed by atoms with Gasteiger partial charge in [-0.25, -0.2) is 4.68 Å². The van der Waals surface area contributed by atoms with Crippen LogP contribution in [-0.4, -0.2) is 29.4 Å². The molecule has 6 heteroatoms. The minimum atomic E-state index is -0.0946. The van der Waals surface area contributed by atoms with Gasteiger partial charge in [-0.05, 0) is 50.1 Å². The topological polar surface area (TPSA) is 65.4 Å². The molecule has 1 aliphatic rings. The number of nitrogens with one attached hydrogen (secondary N) is 1. The van der Waals surface area contributed by atoms with Crippen molar-refractivity contribution in [2.75, 3.05) is 19.0 Å². The Bertz CT molecular complexity index is 1070. The number of hydrogen-bond donors (Lipinski definition) is 1. The van der Waals surface area contributed by atoms with Gasteiger partial charge in [0.2, 0.25) is 5.91 Å². The molecule has 0 bridgehead atoms. The van der Waals surface area contributed by atoms with E-state index in [4.69, 9.17) is 9.47 Å². The lowest BCUT2D eigenvalue weighted by atomic mass is 9.87. The molecule has 2 heterocycles. The van der Waals surface area contributed by atoms with E-state index in [2.05, 4.69) is 36.4 Å². The van der Waals surface area contributed by atoms with Crippen LogP contribution in [0, 0.1) is 13.8 Å². The molecule has 4 rings (SSSR count). The number of amides is 1. The second-order valence-electron chi connectivity index (χ2n) is 7.30. The van der Waals surface area contributed by atoms with E-state index in [1.807, 2.05) is 42.1 Å². The third-order valence-electron chi connectivity index (χ3n) is 5.29. The molecule has 0 saturated carbocycles. The highest BCUT2D eigenvalue weighted by Crippen LogP contribution is 2.41. The first-order chi connectivity index (χ1) is 14.0. The van der Waals surface area contributed by atoms with Gasteiger partial charge in [-0.1, -0.05) is 23.8 Å². The van der Waals surface area contributed by atoms with Crippen LogP contribution < -0.4 is 14.8 Å². The van der Waals surface area contributed by atoms with Crippen molar-refractivity contribution in [1.29, 1.82) is 0 Å². The van der Waals surface area contributed by atoms with Crippen molar-refractivity contribution >= 4 is 11.7 Å². The van der Waals surface area contributed by atoms with Gasteiger partial charge in [0, 0.05) is 17.9 Å². The number of hydrogen-bond acceptors (Lipinski definition) is 4. The Morgan fingerprint density at radius 3 is 2.72 bits per heavy atom. The van der Waals surface area contributed by atoms with Crippen molar-refractivity contribution in [1.82, 2.24) is 9.78 Å². The number of anilines is 1. The molecular weight excluding hydrogens is 366 g/mol. The van der Waals surface area contributed by atoms with Crippen LogP contribution in [0.2, 0.25) is 0 Å². The fourth-order valence-electron chi connectivity index (χ4n) is 3.92. The number of aryl methyl sites for hydroxylation is 2. The quantitative estimate of drug-likeness (QED) is 0.701. The first-order valence-corrected chi connectivity index (χ1v) is 9.78. The first kappa shape index (κ1) is 19.1. The van der Waals surface area contributed by atoms with Crippen LogP contribution in [0.5, 0.6) is 11.5 Å². The van der Waals surface area contributed by atoms with Crippen LogP contribution in [0.4, 0.5) is 5.82 Å². The maximum absolute atomic E-state index is 12.5. The van der Waals surface area contributed by atoms with E-state index in [1.54, 1.807) is 7.11 Å². The molecule has 0 radical (unpaired) electrons. The van der Waals surface area contributed by atoms with Crippen LogP contribution in [0.15, 0.2) is 42.6 Å². The Morgan fingerprint density at radius 2 is 2.00 bits per heavy atom. The lowest BCUT2D eigenvalue weighted by Gasteiger charge is -2.24. The van der Waals surface area contributed by atoms with E-state index in [0.717, 1.165) is 28.2 Å². The van der Waals surface area contributed by atoms with Crippen LogP contribution in [0.3, 0.4) is 0 Å². The number of methoxy groups -OCH3 is 1. The van der Waals surface area contributed by atoms with Crippen molar-refractivity contribution in [3.63, 3.8) is 0 Å². The van der Waals surface area contributed by atoms with Crippen molar-refractivity contribution in [2.45, 2.75) is 33.1 Å².